The highest BCUT2D eigenvalue weighted by molar-refractivity contribution is 6.09. The van der Waals surface area contributed by atoms with Gasteiger partial charge in [-0.2, -0.15) is 4.98 Å². The fraction of sp³-hybridized carbons (Fsp3) is 0.586. The van der Waals surface area contributed by atoms with Gasteiger partial charge in [0.1, 0.15) is 11.9 Å². The predicted molar refractivity (Wildman–Crippen MR) is 150 cm³/mol. The monoisotopic (exact) mass is 519 g/mol. The van der Waals surface area contributed by atoms with E-state index in [9.17, 15) is 4.79 Å². The van der Waals surface area contributed by atoms with Gasteiger partial charge < -0.3 is 20.7 Å². The molecule has 1 aromatic heterocycles. The number of fused-ring (bicyclic) bond motifs is 1. The molecule has 38 heavy (non-hydrogen) atoms. The van der Waals surface area contributed by atoms with Gasteiger partial charge in [0.15, 0.2) is 11.5 Å². The zero-order chi connectivity index (χ0) is 26.7. The highest BCUT2D eigenvalue weighted by Crippen LogP contribution is 2.40. The average molecular weight is 520 g/mol. The molecule has 1 aromatic carbocycles. The molecule has 2 fully saturated rings. The molecule has 0 spiro atoms. The number of piperazine rings is 1. The molecule has 0 unspecified atom stereocenters. The maximum absolute atomic E-state index is 12.2. The molecule has 3 N–H and O–H groups in total. The van der Waals surface area contributed by atoms with Crippen molar-refractivity contribution >= 4 is 23.2 Å². The maximum Gasteiger partial charge on any atom is 0.317 e. The van der Waals surface area contributed by atoms with Gasteiger partial charge >= 0.3 is 6.03 Å². The van der Waals surface area contributed by atoms with Gasteiger partial charge in [0, 0.05) is 44.8 Å². The molecule has 3 aliphatic rings. The Kier molecular flexibility index (Phi) is 7.83. The van der Waals surface area contributed by atoms with Gasteiger partial charge in [0.25, 0.3) is 0 Å². The maximum atomic E-state index is 12.2. The molecule has 5 rings (SSSR count). The Hall–Kier alpha value is -3.20. The van der Waals surface area contributed by atoms with Gasteiger partial charge in [-0.1, -0.05) is 31.2 Å². The average Bonchev–Trinajstić information content (AvgIpc) is 2.92. The van der Waals surface area contributed by atoms with Crippen LogP contribution in [0.2, 0.25) is 0 Å². The third kappa shape index (κ3) is 5.77. The summed E-state index contributed by atoms with van der Waals surface area (Å²) in [6.07, 6.45) is 7.34. The first-order valence-electron chi connectivity index (χ1n) is 14.1. The minimum Gasteiger partial charge on any atom is -0.463 e. The van der Waals surface area contributed by atoms with Crippen LogP contribution in [0.25, 0.3) is 0 Å². The van der Waals surface area contributed by atoms with E-state index in [-0.39, 0.29) is 6.03 Å². The number of nitrogen functional groups attached to an aromatic ring is 1. The van der Waals surface area contributed by atoms with Gasteiger partial charge in [-0.05, 0) is 63.4 Å². The molecular weight excluding hydrogens is 478 g/mol. The number of hydrogen-bond donors (Lipinski definition) is 2. The normalized spacial score (nSPS) is 23.2. The third-order valence-corrected chi connectivity index (χ3v) is 8.17. The van der Waals surface area contributed by atoms with E-state index < -0.39 is 5.60 Å². The van der Waals surface area contributed by atoms with Crippen molar-refractivity contribution < 1.29 is 9.53 Å². The lowest BCUT2D eigenvalue weighted by molar-refractivity contribution is 0.118. The number of anilines is 1. The highest BCUT2D eigenvalue weighted by Gasteiger charge is 2.35. The number of nitrogens with zero attached hydrogens (tertiary/aromatic N) is 5. The number of ether oxygens (including phenoxy) is 1. The summed E-state index contributed by atoms with van der Waals surface area (Å²) < 4.78 is 6.13. The number of aliphatic imine (C=N–C) groups is 1. The smallest absolute Gasteiger partial charge is 0.317 e. The standard InChI is InChI=1S/C29H41N7O2/c1-4-13-31-28(37)36-16-14-35(15-17-36)18-20-5-7-21(8-6-20)22-9-11-23(12-10-22)25-29(2,3)38-27-24(34-25)26(30)32-19-33-27/h9-12,19-21H,4-8,13-18H2,1-3H3,(H,31,37)(H2,30,32,33). The van der Waals surface area contributed by atoms with E-state index in [1.54, 1.807) is 0 Å². The molecule has 2 aromatic rings. The van der Waals surface area contributed by atoms with E-state index in [0.717, 1.165) is 62.9 Å². The number of carbonyl (C=O) groups is 1. The van der Waals surface area contributed by atoms with Crippen molar-refractivity contribution in [2.24, 2.45) is 10.9 Å². The number of nitrogens with two attached hydrogens (primary N) is 1. The first-order chi connectivity index (χ1) is 18.3. The predicted octanol–water partition coefficient (Wildman–Crippen LogP) is 4.36. The molecule has 1 aliphatic carbocycles. The van der Waals surface area contributed by atoms with E-state index in [4.69, 9.17) is 15.5 Å². The Labute approximate surface area is 225 Å². The van der Waals surface area contributed by atoms with Crippen LogP contribution in [0.5, 0.6) is 5.88 Å². The summed E-state index contributed by atoms with van der Waals surface area (Å²) in [5.74, 6) is 2.10. The van der Waals surface area contributed by atoms with Crippen molar-refractivity contribution in [3.63, 3.8) is 0 Å². The Morgan fingerprint density at radius 3 is 2.47 bits per heavy atom. The van der Waals surface area contributed by atoms with Crippen LogP contribution >= 0.6 is 0 Å². The molecule has 1 saturated carbocycles. The van der Waals surface area contributed by atoms with Crippen molar-refractivity contribution in [1.82, 2.24) is 25.1 Å². The second-order valence-corrected chi connectivity index (χ2v) is 11.3. The summed E-state index contributed by atoms with van der Waals surface area (Å²) in [4.78, 5) is 29.8. The van der Waals surface area contributed by atoms with Gasteiger partial charge in [-0.25, -0.2) is 14.8 Å². The van der Waals surface area contributed by atoms with Gasteiger partial charge in [0.2, 0.25) is 5.88 Å². The minimum absolute atomic E-state index is 0.0904. The van der Waals surface area contributed by atoms with E-state index >= 15 is 0 Å². The summed E-state index contributed by atoms with van der Waals surface area (Å²) in [7, 11) is 0. The van der Waals surface area contributed by atoms with Crippen LogP contribution < -0.4 is 15.8 Å². The van der Waals surface area contributed by atoms with Crippen LogP contribution in [0.4, 0.5) is 16.3 Å². The molecule has 0 atom stereocenters. The molecule has 3 heterocycles. The third-order valence-electron chi connectivity index (χ3n) is 8.17. The quantitative estimate of drug-likeness (QED) is 0.587. The van der Waals surface area contributed by atoms with Crippen LogP contribution in [0.3, 0.4) is 0 Å². The summed E-state index contributed by atoms with van der Waals surface area (Å²) in [5, 5.41) is 3.00. The lowest BCUT2D eigenvalue weighted by atomic mass is 9.78. The lowest BCUT2D eigenvalue weighted by Crippen LogP contribution is -2.52. The van der Waals surface area contributed by atoms with Crippen LogP contribution in [-0.2, 0) is 0 Å². The second-order valence-electron chi connectivity index (χ2n) is 11.3. The Morgan fingerprint density at radius 1 is 1.08 bits per heavy atom. The number of benzene rings is 1. The number of urea groups is 1. The fourth-order valence-corrected chi connectivity index (χ4v) is 5.94. The second kappa shape index (κ2) is 11.3. The number of rotatable bonds is 6. The molecule has 9 heteroatoms. The summed E-state index contributed by atoms with van der Waals surface area (Å²) in [6.45, 7) is 11.6. The molecule has 2 aliphatic heterocycles. The van der Waals surface area contributed by atoms with E-state index in [1.165, 1.54) is 37.6 Å². The van der Waals surface area contributed by atoms with Crippen LogP contribution in [0.15, 0.2) is 35.6 Å². The molecule has 1 saturated heterocycles. The molecule has 0 radical (unpaired) electrons. The van der Waals surface area contributed by atoms with Crippen molar-refractivity contribution in [3.8, 4) is 5.88 Å². The summed E-state index contributed by atoms with van der Waals surface area (Å²) in [5.41, 5.74) is 9.20. The van der Waals surface area contributed by atoms with Crippen molar-refractivity contribution in [3.05, 3.63) is 41.7 Å². The minimum atomic E-state index is -0.613. The zero-order valence-corrected chi connectivity index (χ0v) is 22.9. The van der Waals surface area contributed by atoms with E-state index in [1.807, 2.05) is 18.7 Å². The Bertz CT molecular complexity index is 1150. The topological polar surface area (TPSA) is 109 Å². The molecule has 0 bridgehead atoms. The largest absolute Gasteiger partial charge is 0.463 e. The SMILES string of the molecule is CCCNC(=O)N1CCN(CC2CCC(c3ccc(C4=Nc5c(N)ncnc5OC4(C)C)cc3)CC2)CC1. The van der Waals surface area contributed by atoms with Gasteiger partial charge in [-0.15, -0.1) is 0 Å². The number of amides is 2. The number of carbonyl (C=O) groups excluding carboxylic acids is 1. The van der Waals surface area contributed by atoms with E-state index in [2.05, 4.69) is 51.4 Å². The van der Waals surface area contributed by atoms with Crippen LogP contribution in [0, 0.1) is 5.92 Å². The van der Waals surface area contributed by atoms with Crippen molar-refractivity contribution in [2.45, 2.75) is 64.4 Å². The van der Waals surface area contributed by atoms with Gasteiger partial charge in [-0.3, -0.25) is 4.90 Å². The first kappa shape index (κ1) is 26.4. The molecule has 2 amide bonds. The Morgan fingerprint density at radius 2 is 1.79 bits per heavy atom. The van der Waals surface area contributed by atoms with Crippen LogP contribution in [0.1, 0.15) is 69.9 Å². The van der Waals surface area contributed by atoms with Crippen LogP contribution in [-0.4, -0.2) is 76.4 Å². The fourth-order valence-electron chi connectivity index (χ4n) is 5.94. The summed E-state index contributed by atoms with van der Waals surface area (Å²) in [6, 6.07) is 8.91. The first-order valence-corrected chi connectivity index (χ1v) is 14.1. The lowest BCUT2D eigenvalue weighted by Gasteiger charge is -2.38. The number of nitrogens with one attached hydrogen (secondary N) is 1. The number of hydrogen-bond acceptors (Lipinski definition) is 7. The van der Waals surface area contributed by atoms with Crippen molar-refractivity contribution in [2.75, 3.05) is 45.0 Å². The van der Waals surface area contributed by atoms with Gasteiger partial charge in [0.05, 0.1) is 5.71 Å². The highest BCUT2D eigenvalue weighted by atomic mass is 16.5. The van der Waals surface area contributed by atoms with E-state index in [0.29, 0.717) is 23.3 Å². The molecular formula is C29H41N7O2. The Balaban J connectivity index is 1.14. The number of aromatic nitrogens is 2. The zero-order valence-electron chi connectivity index (χ0n) is 22.9. The van der Waals surface area contributed by atoms with Crippen molar-refractivity contribution in [1.29, 1.82) is 0 Å². The summed E-state index contributed by atoms with van der Waals surface area (Å²) >= 11 is 0. The molecule has 204 valence electrons. The molecule has 9 nitrogen and oxygen atoms in total.